The van der Waals surface area contributed by atoms with E-state index in [0.717, 1.165) is 37.4 Å². The van der Waals surface area contributed by atoms with Gasteiger partial charge >= 0.3 is 0 Å². The number of aryl methyl sites for hydroxylation is 3. The van der Waals surface area contributed by atoms with Crippen LogP contribution in [-0.2, 0) is 20.0 Å². The summed E-state index contributed by atoms with van der Waals surface area (Å²) in [5.74, 6) is 1.14. The van der Waals surface area contributed by atoms with Crippen LogP contribution in [0, 0.1) is 6.92 Å². The summed E-state index contributed by atoms with van der Waals surface area (Å²) < 4.78 is 4.21. The van der Waals surface area contributed by atoms with Crippen molar-refractivity contribution in [3.05, 3.63) is 35.7 Å². The van der Waals surface area contributed by atoms with E-state index < -0.39 is 0 Å². The van der Waals surface area contributed by atoms with Crippen molar-refractivity contribution < 1.29 is 0 Å². The molecule has 0 fully saturated rings. The molecule has 0 aliphatic rings. The zero-order valence-corrected chi connectivity index (χ0v) is 12.9. The number of rotatable bonds is 7. The van der Waals surface area contributed by atoms with Gasteiger partial charge in [-0.1, -0.05) is 13.8 Å². The molecule has 0 bridgehead atoms. The van der Waals surface area contributed by atoms with Gasteiger partial charge in [-0.25, -0.2) is 4.98 Å². The second kappa shape index (κ2) is 6.70. The monoisotopic (exact) mass is 275 g/mol. The van der Waals surface area contributed by atoms with Crippen LogP contribution in [0.1, 0.15) is 43.5 Å². The number of nitrogens with zero attached hydrogens (tertiary/aromatic N) is 4. The van der Waals surface area contributed by atoms with Crippen LogP contribution >= 0.6 is 0 Å². The largest absolute Gasteiger partial charge is 0.335 e. The summed E-state index contributed by atoms with van der Waals surface area (Å²) in [6.45, 7) is 8.32. The molecule has 2 aromatic heterocycles. The van der Waals surface area contributed by atoms with Crippen molar-refractivity contribution in [3.8, 4) is 0 Å². The van der Waals surface area contributed by atoms with Crippen molar-refractivity contribution in [2.45, 2.75) is 46.2 Å². The van der Waals surface area contributed by atoms with Gasteiger partial charge in [0.05, 0.1) is 17.4 Å². The molecular weight excluding hydrogens is 250 g/mol. The first kappa shape index (κ1) is 14.8. The quantitative estimate of drug-likeness (QED) is 0.843. The summed E-state index contributed by atoms with van der Waals surface area (Å²) in [7, 11) is 2.01. The topological polar surface area (TPSA) is 47.7 Å². The molecular formula is C15H25N5. The Bertz CT molecular complexity index is 540. The highest BCUT2D eigenvalue weighted by Crippen LogP contribution is 2.18. The van der Waals surface area contributed by atoms with Crippen LogP contribution in [0.2, 0.25) is 0 Å². The van der Waals surface area contributed by atoms with Gasteiger partial charge in [-0.05, 0) is 26.0 Å². The third-order valence-corrected chi connectivity index (χ3v) is 3.50. The van der Waals surface area contributed by atoms with Gasteiger partial charge in [-0.3, -0.25) is 4.68 Å². The van der Waals surface area contributed by atoms with E-state index in [2.05, 4.69) is 46.1 Å². The fraction of sp³-hybridized carbons (Fsp3) is 0.600. The Labute approximate surface area is 121 Å². The van der Waals surface area contributed by atoms with Gasteiger partial charge in [-0.2, -0.15) is 5.10 Å². The van der Waals surface area contributed by atoms with E-state index in [1.54, 1.807) is 0 Å². The fourth-order valence-electron chi connectivity index (χ4n) is 2.64. The van der Waals surface area contributed by atoms with Crippen molar-refractivity contribution >= 4 is 0 Å². The summed E-state index contributed by atoms with van der Waals surface area (Å²) >= 11 is 0. The Morgan fingerprint density at radius 2 is 2.15 bits per heavy atom. The minimum atomic E-state index is 0.254. The van der Waals surface area contributed by atoms with E-state index in [4.69, 9.17) is 0 Å². The Balaban J connectivity index is 2.21. The zero-order valence-electron chi connectivity index (χ0n) is 12.9. The number of likely N-dealkylation sites (N-methyl/N-ethyl adjacent to an activating group) is 1. The van der Waals surface area contributed by atoms with Gasteiger partial charge in [0.1, 0.15) is 5.82 Å². The van der Waals surface area contributed by atoms with E-state index in [9.17, 15) is 0 Å². The second-order valence-electron chi connectivity index (χ2n) is 5.19. The van der Waals surface area contributed by atoms with E-state index in [1.165, 1.54) is 5.69 Å². The molecule has 1 N–H and O–H groups in total. The minimum Gasteiger partial charge on any atom is -0.335 e. The van der Waals surface area contributed by atoms with Crippen molar-refractivity contribution in [2.75, 3.05) is 6.54 Å². The number of nitrogens with one attached hydrogen (secondary N) is 1. The smallest absolute Gasteiger partial charge is 0.110 e. The van der Waals surface area contributed by atoms with Gasteiger partial charge in [-0.15, -0.1) is 0 Å². The predicted molar refractivity (Wildman–Crippen MR) is 80.6 cm³/mol. The Morgan fingerprint density at radius 1 is 1.35 bits per heavy atom. The SMILES string of the molecule is CCCn1ccnc1CC(NCC)c1cc(C)nn1C. The maximum absolute atomic E-state index is 4.51. The van der Waals surface area contributed by atoms with Gasteiger partial charge in [0.2, 0.25) is 0 Å². The normalized spacial score (nSPS) is 12.8. The molecule has 0 saturated carbocycles. The van der Waals surface area contributed by atoms with Crippen LogP contribution < -0.4 is 5.32 Å². The molecule has 2 aromatic rings. The van der Waals surface area contributed by atoms with Gasteiger partial charge in [0.25, 0.3) is 0 Å². The maximum atomic E-state index is 4.51. The van der Waals surface area contributed by atoms with E-state index in [-0.39, 0.29) is 6.04 Å². The molecule has 2 heterocycles. The number of imidazole rings is 1. The van der Waals surface area contributed by atoms with Crippen LogP contribution in [0.4, 0.5) is 0 Å². The number of aromatic nitrogens is 4. The molecule has 0 radical (unpaired) electrons. The van der Waals surface area contributed by atoms with Gasteiger partial charge in [0, 0.05) is 32.4 Å². The molecule has 110 valence electrons. The predicted octanol–water partition coefficient (Wildman–Crippen LogP) is 2.23. The maximum Gasteiger partial charge on any atom is 0.110 e. The molecule has 20 heavy (non-hydrogen) atoms. The van der Waals surface area contributed by atoms with E-state index in [0.29, 0.717) is 0 Å². The van der Waals surface area contributed by atoms with Gasteiger partial charge in [0.15, 0.2) is 0 Å². The molecule has 5 heteroatoms. The lowest BCUT2D eigenvalue weighted by atomic mass is 10.1. The third-order valence-electron chi connectivity index (χ3n) is 3.50. The Morgan fingerprint density at radius 3 is 2.75 bits per heavy atom. The average Bonchev–Trinajstić information content (AvgIpc) is 2.96. The second-order valence-corrected chi connectivity index (χ2v) is 5.19. The molecule has 0 spiro atoms. The van der Waals surface area contributed by atoms with Crippen LogP contribution in [0.5, 0.6) is 0 Å². The first-order valence-electron chi connectivity index (χ1n) is 7.39. The standard InChI is InChI=1S/C15H25N5/c1-5-8-20-9-7-17-15(20)11-13(16-6-2)14-10-12(3)18-19(14)4/h7,9-10,13,16H,5-6,8,11H2,1-4H3. The molecule has 0 aliphatic carbocycles. The van der Waals surface area contributed by atoms with E-state index >= 15 is 0 Å². The lowest BCUT2D eigenvalue weighted by Crippen LogP contribution is -2.26. The highest BCUT2D eigenvalue weighted by Gasteiger charge is 2.18. The van der Waals surface area contributed by atoms with Crippen LogP contribution in [0.3, 0.4) is 0 Å². The van der Waals surface area contributed by atoms with Crippen molar-refractivity contribution in [2.24, 2.45) is 7.05 Å². The highest BCUT2D eigenvalue weighted by atomic mass is 15.3. The minimum absolute atomic E-state index is 0.254. The first-order chi connectivity index (χ1) is 9.65. The van der Waals surface area contributed by atoms with Crippen molar-refractivity contribution in [1.29, 1.82) is 0 Å². The molecule has 0 aliphatic heterocycles. The number of hydrogen-bond acceptors (Lipinski definition) is 3. The summed E-state index contributed by atoms with van der Waals surface area (Å²) in [6.07, 6.45) is 5.97. The molecule has 1 atom stereocenters. The molecule has 0 amide bonds. The van der Waals surface area contributed by atoms with Gasteiger partial charge < -0.3 is 9.88 Å². The first-order valence-corrected chi connectivity index (χ1v) is 7.39. The summed E-state index contributed by atoms with van der Waals surface area (Å²) in [5.41, 5.74) is 2.28. The average molecular weight is 275 g/mol. The Hall–Kier alpha value is -1.62. The zero-order chi connectivity index (χ0) is 14.5. The van der Waals surface area contributed by atoms with Crippen molar-refractivity contribution in [3.63, 3.8) is 0 Å². The number of hydrogen-bond donors (Lipinski definition) is 1. The summed E-state index contributed by atoms with van der Waals surface area (Å²) in [5, 5.41) is 8.00. The molecule has 5 nitrogen and oxygen atoms in total. The highest BCUT2D eigenvalue weighted by molar-refractivity contribution is 5.15. The molecule has 1 unspecified atom stereocenters. The molecule has 0 aromatic carbocycles. The third kappa shape index (κ3) is 3.28. The summed E-state index contributed by atoms with van der Waals surface area (Å²) in [6, 6.07) is 2.41. The van der Waals surface area contributed by atoms with E-state index in [1.807, 2.05) is 24.9 Å². The lowest BCUT2D eigenvalue weighted by molar-refractivity contribution is 0.484. The molecule has 2 rings (SSSR count). The summed E-state index contributed by atoms with van der Waals surface area (Å²) in [4.78, 5) is 4.51. The van der Waals surface area contributed by atoms with Crippen LogP contribution in [0.25, 0.3) is 0 Å². The van der Waals surface area contributed by atoms with Crippen LogP contribution in [0.15, 0.2) is 18.5 Å². The van der Waals surface area contributed by atoms with Crippen molar-refractivity contribution in [1.82, 2.24) is 24.6 Å². The van der Waals surface area contributed by atoms with Crippen LogP contribution in [-0.4, -0.2) is 25.9 Å². The lowest BCUT2D eigenvalue weighted by Gasteiger charge is -2.18. The Kier molecular flexibility index (Phi) is 4.95. The fourth-order valence-corrected chi connectivity index (χ4v) is 2.64. The molecule has 0 saturated heterocycles.